The van der Waals surface area contributed by atoms with Crippen LogP contribution in [0.3, 0.4) is 0 Å². The maximum atomic E-state index is 13.6. The number of aliphatic hydroxyl groups is 2. The van der Waals surface area contributed by atoms with Gasteiger partial charge in [-0.05, 0) is 31.0 Å². The highest BCUT2D eigenvalue weighted by atomic mass is 19.1. The van der Waals surface area contributed by atoms with Crippen LogP contribution in [-0.4, -0.2) is 46.6 Å². The lowest BCUT2D eigenvalue weighted by Crippen LogP contribution is -2.46. The van der Waals surface area contributed by atoms with E-state index in [-0.39, 0.29) is 12.2 Å². The Morgan fingerprint density at radius 3 is 2.47 bits per heavy atom. The largest absolute Gasteiger partial charge is 0.478 e. The Labute approximate surface area is 109 Å². The number of carboxylic acids is 1. The minimum Gasteiger partial charge on any atom is -0.478 e. The number of hydrogen-bond donors (Lipinski definition) is 3. The topological polar surface area (TPSA) is 81.0 Å². The summed E-state index contributed by atoms with van der Waals surface area (Å²) in [6, 6.07) is 3.97. The molecule has 0 saturated carbocycles. The van der Waals surface area contributed by atoms with Gasteiger partial charge in [0.2, 0.25) is 0 Å². The van der Waals surface area contributed by atoms with Crippen LogP contribution in [0, 0.1) is 5.82 Å². The molecule has 0 amide bonds. The maximum Gasteiger partial charge on any atom is 0.338 e. The number of piperidine rings is 1. The lowest BCUT2D eigenvalue weighted by Gasteiger charge is -2.38. The average molecular weight is 269 g/mol. The van der Waals surface area contributed by atoms with E-state index in [1.54, 1.807) is 6.07 Å². The molecule has 104 valence electrons. The summed E-state index contributed by atoms with van der Waals surface area (Å²) in [5.41, 5.74) is -0.828. The zero-order chi connectivity index (χ0) is 14.0. The monoisotopic (exact) mass is 269 g/mol. The lowest BCUT2D eigenvalue weighted by atomic mass is 9.92. The third-order valence-corrected chi connectivity index (χ3v) is 3.54. The van der Waals surface area contributed by atoms with E-state index in [1.807, 2.05) is 4.90 Å². The third-order valence-electron chi connectivity index (χ3n) is 3.54. The molecule has 1 aromatic rings. The molecule has 0 unspecified atom stereocenters. The molecule has 1 aliphatic rings. The van der Waals surface area contributed by atoms with Gasteiger partial charge in [-0.15, -0.1) is 0 Å². The van der Waals surface area contributed by atoms with Gasteiger partial charge in [-0.3, -0.25) is 0 Å². The van der Waals surface area contributed by atoms with E-state index in [9.17, 15) is 14.3 Å². The highest BCUT2D eigenvalue weighted by molar-refractivity contribution is 5.88. The molecule has 0 aromatic heterocycles. The van der Waals surface area contributed by atoms with Crippen molar-refractivity contribution in [2.24, 2.45) is 0 Å². The summed E-state index contributed by atoms with van der Waals surface area (Å²) in [6.07, 6.45) is 0.789. The van der Waals surface area contributed by atoms with Crippen molar-refractivity contribution in [1.29, 1.82) is 0 Å². The molecule has 0 spiro atoms. The van der Waals surface area contributed by atoms with Gasteiger partial charge in [0, 0.05) is 18.8 Å². The number of rotatable bonds is 3. The molecule has 19 heavy (non-hydrogen) atoms. The van der Waals surface area contributed by atoms with Crippen LogP contribution in [0.5, 0.6) is 0 Å². The first-order valence-electron chi connectivity index (χ1n) is 6.06. The molecule has 1 fully saturated rings. The molecule has 0 atom stereocenters. The van der Waals surface area contributed by atoms with Gasteiger partial charge in [0.1, 0.15) is 5.82 Å². The van der Waals surface area contributed by atoms with Crippen LogP contribution in [0.1, 0.15) is 23.2 Å². The molecule has 6 heteroatoms. The van der Waals surface area contributed by atoms with Crippen LogP contribution >= 0.6 is 0 Å². The van der Waals surface area contributed by atoms with Crippen LogP contribution in [0.15, 0.2) is 18.2 Å². The smallest absolute Gasteiger partial charge is 0.338 e. The molecule has 0 radical (unpaired) electrons. The van der Waals surface area contributed by atoms with Gasteiger partial charge in [0.05, 0.1) is 17.8 Å². The molecule has 0 aliphatic carbocycles. The summed E-state index contributed by atoms with van der Waals surface area (Å²) >= 11 is 0. The van der Waals surface area contributed by atoms with E-state index >= 15 is 0 Å². The summed E-state index contributed by atoms with van der Waals surface area (Å²) < 4.78 is 13.6. The van der Waals surface area contributed by atoms with E-state index in [1.165, 1.54) is 12.1 Å². The van der Waals surface area contributed by atoms with Crippen molar-refractivity contribution >= 4 is 11.7 Å². The number of hydrogen-bond acceptors (Lipinski definition) is 4. The number of carbonyl (C=O) groups is 1. The van der Waals surface area contributed by atoms with E-state index in [2.05, 4.69) is 0 Å². The van der Waals surface area contributed by atoms with Crippen molar-refractivity contribution < 1.29 is 24.5 Å². The van der Waals surface area contributed by atoms with Crippen LogP contribution in [-0.2, 0) is 0 Å². The van der Waals surface area contributed by atoms with Crippen LogP contribution in [0.2, 0.25) is 0 Å². The standard InChI is InChI=1S/C13H16FNO4/c14-11-7-9(1-2-10(11)12(17)18)15-5-3-13(19,8-16)4-6-15/h1-2,7,16,19H,3-6,8H2,(H,17,18). The van der Waals surface area contributed by atoms with Gasteiger partial charge in [-0.25, -0.2) is 9.18 Å². The molecule has 1 aliphatic heterocycles. The minimum absolute atomic E-state index is 0.285. The maximum absolute atomic E-state index is 13.6. The van der Waals surface area contributed by atoms with Crippen molar-refractivity contribution in [3.05, 3.63) is 29.6 Å². The van der Waals surface area contributed by atoms with E-state index in [0.29, 0.717) is 31.6 Å². The molecule has 5 nitrogen and oxygen atoms in total. The highest BCUT2D eigenvalue weighted by Gasteiger charge is 2.31. The fourth-order valence-electron chi connectivity index (χ4n) is 2.21. The number of carboxylic acid groups (broad SMARTS) is 1. The van der Waals surface area contributed by atoms with Gasteiger partial charge in [0.25, 0.3) is 0 Å². The Bertz CT molecular complexity index is 484. The minimum atomic E-state index is -1.29. The zero-order valence-corrected chi connectivity index (χ0v) is 10.3. The first-order valence-corrected chi connectivity index (χ1v) is 6.06. The van der Waals surface area contributed by atoms with Gasteiger partial charge in [-0.1, -0.05) is 0 Å². The van der Waals surface area contributed by atoms with Crippen LogP contribution in [0.4, 0.5) is 10.1 Å². The molecular weight excluding hydrogens is 253 g/mol. The number of aliphatic hydroxyl groups excluding tert-OH is 1. The second kappa shape index (κ2) is 5.14. The fraction of sp³-hybridized carbons (Fsp3) is 0.462. The van der Waals surface area contributed by atoms with E-state index < -0.39 is 17.4 Å². The molecule has 0 bridgehead atoms. The van der Waals surface area contributed by atoms with Crippen molar-refractivity contribution in [3.8, 4) is 0 Å². The molecule has 2 rings (SSSR count). The zero-order valence-electron chi connectivity index (χ0n) is 10.3. The molecule has 3 N–H and O–H groups in total. The Kier molecular flexibility index (Phi) is 3.73. The fourth-order valence-corrected chi connectivity index (χ4v) is 2.21. The molecular formula is C13H16FNO4. The highest BCUT2D eigenvalue weighted by Crippen LogP contribution is 2.27. The van der Waals surface area contributed by atoms with Gasteiger partial charge < -0.3 is 20.2 Å². The van der Waals surface area contributed by atoms with Crippen LogP contribution < -0.4 is 4.90 Å². The number of benzene rings is 1. The molecule has 1 saturated heterocycles. The summed E-state index contributed by atoms with van der Waals surface area (Å²) in [7, 11) is 0. The quantitative estimate of drug-likeness (QED) is 0.758. The molecule has 1 aromatic carbocycles. The predicted molar refractivity (Wildman–Crippen MR) is 66.8 cm³/mol. The lowest BCUT2D eigenvalue weighted by molar-refractivity contribution is -0.0325. The Balaban J connectivity index is 2.12. The van der Waals surface area contributed by atoms with Crippen molar-refractivity contribution in [2.75, 3.05) is 24.6 Å². The predicted octanol–water partition coefficient (Wildman–Crippen LogP) is 0.848. The SMILES string of the molecule is O=C(O)c1ccc(N2CCC(O)(CO)CC2)cc1F. The normalized spacial score (nSPS) is 18.4. The molecule has 1 heterocycles. The second-order valence-electron chi connectivity index (χ2n) is 4.84. The number of halogens is 1. The van der Waals surface area contributed by atoms with E-state index in [0.717, 1.165) is 0 Å². The summed E-state index contributed by atoms with van der Waals surface area (Å²) in [4.78, 5) is 12.6. The summed E-state index contributed by atoms with van der Waals surface area (Å²) in [6.45, 7) is 0.693. The van der Waals surface area contributed by atoms with E-state index in [4.69, 9.17) is 10.2 Å². The Hall–Kier alpha value is -1.66. The number of aromatic carboxylic acids is 1. The third kappa shape index (κ3) is 2.85. The van der Waals surface area contributed by atoms with Crippen molar-refractivity contribution in [2.45, 2.75) is 18.4 Å². The Morgan fingerprint density at radius 2 is 2.00 bits per heavy atom. The van der Waals surface area contributed by atoms with Crippen molar-refractivity contribution in [1.82, 2.24) is 0 Å². The average Bonchev–Trinajstić information content (AvgIpc) is 2.39. The first kappa shape index (κ1) is 13.8. The Morgan fingerprint density at radius 1 is 1.37 bits per heavy atom. The summed E-state index contributed by atoms with van der Waals surface area (Å²) in [5, 5.41) is 27.7. The van der Waals surface area contributed by atoms with Gasteiger partial charge in [0.15, 0.2) is 0 Å². The van der Waals surface area contributed by atoms with Crippen LogP contribution in [0.25, 0.3) is 0 Å². The summed E-state index contributed by atoms with van der Waals surface area (Å²) in [5.74, 6) is -2.06. The van der Waals surface area contributed by atoms with Gasteiger partial charge >= 0.3 is 5.97 Å². The second-order valence-corrected chi connectivity index (χ2v) is 4.84. The van der Waals surface area contributed by atoms with Crippen molar-refractivity contribution in [3.63, 3.8) is 0 Å². The first-order chi connectivity index (χ1) is 8.95. The number of anilines is 1. The number of nitrogens with zero attached hydrogens (tertiary/aromatic N) is 1. The van der Waals surface area contributed by atoms with Gasteiger partial charge in [-0.2, -0.15) is 0 Å².